The van der Waals surface area contributed by atoms with Crippen molar-refractivity contribution in [3.63, 3.8) is 0 Å². The molecule has 12 aromatic carbocycles. The zero-order chi connectivity index (χ0) is 52.3. The molecule has 14 rings (SSSR count). The van der Waals surface area contributed by atoms with Crippen molar-refractivity contribution in [2.75, 3.05) is 4.90 Å². The average molecular weight is 988 g/mol. The fourth-order valence-corrected chi connectivity index (χ4v) is 13.7. The summed E-state index contributed by atoms with van der Waals surface area (Å²) in [6.07, 6.45) is 0. The molecule has 2 aliphatic rings. The van der Waals surface area contributed by atoms with Crippen molar-refractivity contribution < 1.29 is 0 Å². The molecule has 12 aromatic rings. The van der Waals surface area contributed by atoms with Crippen LogP contribution in [0.25, 0.3) is 54.6 Å². The summed E-state index contributed by atoms with van der Waals surface area (Å²) in [7, 11) is 0. The standard InChI is InChI=1S/C76H61N/c1-73(2,3)50-33-37-54(38-34-50)75(52-21-9-7-10-22-52)69-31-19-17-29-64(69)67-48-57(42-45-71(67)75)77(56-41-44-63-61-27-14-13-25-59(61)60-26-15-16-28-62(60)66(63)47-56)58-43-46-72-68(49-58)65-30-18-20-32-70(65)76(72,53-23-11-8-12-24-53)55-39-35-51(36-40-55)74(4,5)6/h7-49H,1-6H3. The number of fused-ring (bicyclic) bond motifs is 12. The van der Waals surface area contributed by atoms with Crippen molar-refractivity contribution in [1.29, 1.82) is 0 Å². The smallest absolute Gasteiger partial charge is 0.0713 e. The Kier molecular flexibility index (Phi) is 10.5. The first kappa shape index (κ1) is 46.7. The molecule has 0 saturated heterocycles. The first-order chi connectivity index (χ1) is 37.5. The summed E-state index contributed by atoms with van der Waals surface area (Å²) in [6, 6.07) is 99.2. The van der Waals surface area contributed by atoms with Crippen LogP contribution in [-0.2, 0) is 21.7 Å². The third-order valence-electron chi connectivity index (χ3n) is 17.3. The zero-order valence-corrected chi connectivity index (χ0v) is 44.8. The summed E-state index contributed by atoms with van der Waals surface area (Å²) in [4.78, 5) is 2.52. The lowest BCUT2D eigenvalue weighted by Gasteiger charge is -2.35. The van der Waals surface area contributed by atoms with Crippen LogP contribution in [0.4, 0.5) is 17.1 Å². The highest BCUT2D eigenvalue weighted by atomic mass is 15.1. The van der Waals surface area contributed by atoms with Gasteiger partial charge in [0.2, 0.25) is 0 Å². The normalized spacial score (nSPS) is 16.5. The molecule has 0 spiro atoms. The van der Waals surface area contributed by atoms with Gasteiger partial charge in [-0.2, -0.15) is 0 Å². The van der Waals surface area contributed by atoms with Crippen LogP contribution in [-0.4, -0.2) is 0 Å². The van der Waals surface area contributed by atoms with E-state index >= 15 is 0 Å². The van der Waals surface area contributed by atoms with Crippen molar-refractivity contribution in [2.24, 2.45) is 0 Å². The third kappa shape index (κ3) is 6.99. The summed E-state index contributed by atoms with van der Waals surface area (Å²) in [6.45, 7) is 13.8. The fourth-order valence-electron chi connectivity index (χ4n) is 13.7. The number of nitrogens with zero attached hydrogens (tertiary/aromatic N) is 1. The molecule has 370 valence electrons. The quantitative estimate of drug-likeness (QED) is 0.144. The second-order valence-electron chi connectivity index (χ2n) is 23.6. The minimum absolute atomic E-state index is 0.0326. The van der Waals surface area contributed by atoms with Gasteiger partial charge in [-0.25, -0.2) is 0 Å². The second kappa shape index (κ2) is 17.4. The van der Waals surface area contributed by atoms with Gasteiger partial charge in [-0.1, -0.05) is 266 Å². The molecule has 0 aromatic heterocycles. The molecule has 0 fully saturated rings. The van der Waals surface area contributed by atoms with E-state index in [1.165, 1.54) is 110 Å². The number of hydrogen-bond donors (Lipinski definition) is 0. The van der Waals surface area contributed by atoms with E-state index in [1.807, 2.05) is 0 Å². The van der Waals surface area contributed by atoms with Crippen LogP contribution in [0.2, 0.25) is 0 Å². The molecular weight excluding hydrogens is 927 g/mol. The van der Waals surface area contributed by atoms with E-state index in [-0.39, 0.29) is 10.8 Å². The molecule has 0 N–H and O–H groups in total. The van der Waals surface area contributed by atoms with E-state index in [4.69, 9.17) is 0 Å². The summed E-state index contributed by atoms with van der Waals surface area (Å²) in [5.41, 5.74) is 20.3. The maximum atomic E-state index is 2.52. The van der Waals surface area contributed by atoms with Gasteiger partial charge in [-0.15, -0.1) is 0 Å². The van der Waals surface area contributed by atoms with E-state index in [0.29, 0.717) is 0 Å². The van der Waals surface area contributed by atoms with Gasteiger partial charge in [0.1, 0.15) is 0 Å². The molecular formula is C76H61N. The fraction of sp³-hybridized carbons (Fsp3) is 0.132. The van der Waals surface area contributed by atoms with Gasteiger partial charge < -0.3 is 4.90 Å². The molecule has 0 bridgehead atoms. The van der Waals surface area contributed by atoms with Crippen LogP contribution in [0.5, 0.6) is 0 Å². The molecule has 1 nitrogen and oxygen atoms in total. The Bertz CT molecular complexity index is 4030. The van der Waals surface area contributed by atoms with Gasteiger partial charge in [-0.3, -0.25) is 0 Å². The molecule has 1 heteroatoms. The summed E-state index contributed by atoms with van der Waals surface area (Å²) >= 11 is 0. The summed E-state index contributed by atoms with van der Waals surface area (Å²) in [5.74, 6) is 0. The van der Waals surface area contributed by atoms with Crippen molar-refractivity contribution in [3.8, 4) is 22.3 Å². The van der Waals surface area contributed by atoms with E-state index in [1.54, 1.807) is 0 Å². The summed E-state index contributed by atoms with van der Waals surface area (Å²) < 4.78 is 0. The topological polar surface area (TPSA) is 3.24 Å². The van der Waals surface area contributed by atoms with Gasteiger partial charge in [0, 0.05) is 17.1 Å². The molecule has 77 heavy (non-hydrogen) atoms. The SMILES string of the molecule is CC(C)(C)c1ccc(C2(c3ccccc3)c3ccccc3-c3cc(N(c4ccc5c(c4)-c4ccccc4C5(c4ccccc4)c4ccc(C(C)(C)C)cc4)c4ccc5c6ccccc6c6ccccc6c5c4)ccc32)cc1. The monoisotopic (exact) mass is 987 g/mol. The highest BCUT2D eigenvalue weighted by molar-refractivity contribution is 6.25. The van der Waals surface area contributed by atoms with Crippen molar-refractivity contribution in [3.05, 3.63) is 316 Å². The Balaban J connectivity index is 1.03. The van der Waals surface area contributed by atoms with Crippen molar-refractivity contribution in [1.82, 2.24) is 0 Å². The summed E-state index contributed by atoms with van der Waals surface area (Å²) in [5, 5.41) is 7.56. The molecule has 0 aliphatic heterocycles. The number of anilines is 3. The van der Waals surface area contributed by atoms with E-state index in [2.05, 4.69) is 307 Å². The minimum atomic E-state index is -0.529. The first-order valence-electron chi connectivity index (χ1n) is 27.4. The van der Waals surface area contributed by atoms with Gasteiger partial charge in [-0.05, 0) is 157 Å². The largest absolute Gasteiger partial charge is 0.310 e. The average Bonchev–Trinajstić information content (AvgIpc) is 4.17. The lowest BCUT2D eigenvalue weighted by atomic mass is 9.67. The molecule has 0 saturated carbocycles. The predicted molar refractivity (Wildman–Crippen MR) is 326 cm³/mol. The van der Waals surface area contributed by atoms with Gasteiger partial charge >= 0.3 is 0 Å². The van der Waals surface area contributed by atoms with E-state index in [0.717, 1.165) is 17.1 Å². The van der Waals surface area contributed by atoms with Crippen LogP contribution in [0.3, 0.4) is 0 Å². The Hall–Kier alpha value is -8.78. The number of rotatable bonds is 7. The van der Waals surface area contributed by atoms with Gasteiger partial charge in [0.15, 0.2) is 0 Å². The molecule has 2 aliphatic carbocycles. The maximum Gasteiger partial charge on any atom is 0.0713 e. The van der Waals surface area contributed by atoms with E-state index in [9.17, 15) is 0 Å². The molecule has 0 radical (unpaired) electrons. The first-order valence-corrected chi connectivity index (χ1v) is 27.4. The van der Waals surface area contributed by atoms with Gasteiger partial charge in [0.25, 0.3) is 0 Å². The van der Waals surface area contributed by atoms with Crippen molar-refractivity contribution >= 4 is 49.4 Å². The minimum Gasteiger partial charge on any atom is -0.310 e. The Morgan fingerprint density at radius 3 is 0.974 bits per heavy atom. The van der Waals surface area contributed by atoms with Crippen molar-refractivity contribution in [2.45, 2.75) is 63.2 Å². The lowest BCUT2D eigenvalue weighted by Crippen LogP contribution is -2.29. The molecule has 0 amide bonds. The zero-order valence-electron chi connectivity index (χ0n) is 44.8. The number of hydrogen-bond acceptors (Lipinski definition) is 1. The van der Waals surface area contributed by atoms with Crippen LogP contribution in [0.15, 0.2) is 261 Å². The molecule has 2 atom stereocenters. The Morgan fingerprint density at radius 2 is 0.558 bits per heavy atom. The second-order valence-corrected chi connectivity index (χ2v) is 23.6. The van der Waals surface area contributed by atoms with E-state index < -0.39 is 10.8 Å². The Labute approximate surface area is 453 Å². The predicted octanol–water partition coefficient (Wildman–Crippen LogP) is 19.9. The highest BCUT2D eigenvalue weighted by Crippen LogP contribution is 2.60. The van der Waals surface area contributed by atoms with Gasteiger partial charge in [0.05, 0.1) is 10.8 Å². The van der Waals surface area contributed by atoms with Crippen LogP contribution in [0, 0.1) is 0 Å². The molecule has 0 heterocycles. The Morgan fingerprint density at radius 1 is 0.247 bits per heavy atom. The number of benzene rings is 12. The van der Waals surface area contributed by atoms with Crippen LogP contribution >= 0.6 is 0 Å². The van der Waals surface area contributed by atoms with Crippen LogP contribution in [0.1, 0.15) is 97.2 Å². The van der Waals surface area contributed by atoms with Crippen LogP contribution < -0.4 is 4.90 Å². The molecule has 2 unspecified atom stereocenters. The highest BCUT2D eigenvalue weighted by Gasteiger charge is 2.48. The third-order valence-corrected chi connectivity index (χ3v) is 17.3. The maximum absolute atomic E-state index is 2.52. The lowest BCUT2D eigenvalue weighted by molar-refractivity contribution is 0.589.